The molecule has 0 aliphatic carbocycles. The zero-order valence-electron chi connectivity index (χ0n) is 10.8. The number of halogens is 3. The lowest BCUT2D eigenvalue weighted by atomic mass is 9.98. The molecule has 3 rings (SSSR count). The van der Waals surface area contributed by atoms with E-state index < -0.39 is 11.1 Å². The zero-order valence-corrected chi connectivity index (χ0v) is 12.4. The third kappa shape index (κ3) is 2.92. The molecule has 3 nitrogen and oxygen atoms in total. The Morgan fingerprint density at radius 1 is 1.30 bits per heavy atom. The van der Waals surface area contributed by atoms with E-state index in [-0.39, 0.29) is 4.75 Å². The molecule has 3 heterocycles. The molecule has 0 N–H and O–H groups in total. The van der Waals surface area contributed by atoms with Crippen LogP contribution in [-0.2, 0) is 10.9 Å². The van der Waals surface area contributed by atoms with Gasteiger partial charge in [-0.25, -0.2) is 4.98 Å². The summed E-state index contributed by atoms with van der Waals surface area (Å²) in [6.07, 6.45) is -1.42. The van der Waals surface area contributed by atoms with Gasteiger partial charge in [0.2, 0.25) is 0 Å². The number of hydrogen-bond acceptors (Lipinski definition) is 5. The Hall–Kier alpha value is -0.470. The molecule has 0 bridgehead atoms. The van der Waals surface area contributed by atoms with Crippen molar-refractivity contribution in [3.05, 3.63) is 11.1 Å². The number of thioether (sulfide) groups is 1. The lowest BCUT2D eigenvalue weighted by Crippen LogP contribution is -2.49. The second-order valence-corrected chi connectivity index (χ2v) is 7.64. The number of rotatable bonds is 1. The molecule has 1 spiro atoms. The highest BCUT2D eigenvalue weighted by molar-refractivity contribution is 8.00. The van der Waals surface area contributed by atoms with Crippen molar-refractivity contribution in [1.29, 1.82) is 0 Å². The van der Waals surface area contributed by atoms with E-state index in [1.807, 2.05) is 16.7 Å². The van der Waals surface area contributed by atoms with Crippen molar-refractivity contribution in [3.63, 3.8) is 0 Å². The van der Waals surface area contributed by atoms with Gasteiger partial charge in [-0.1, -0.05) is 11.3 Å². The van der Waals surface area contributed by atoms with Crippen LogP contribution in [0.1, 0.15) is 17.7 Å². The Morgan fingerprint density at radius 3 is 2.70 bits per heavy atom. The Labute approximate surface area is 123 Å². The minimum Gasteiger partial charge on any atom is -0.381 e. The molecule has 1 aromatic heterocycles. The monoisotopic (exact) mass is 324 g/mol. The van der Waals surface area contributed by atoms with Crippen molar-refractivity contribution in [2.75, 3.05) is 37.0 Å². The van der Waals surface area contributed by atoms with E-state index >= 15 is 0 Å². The second-order valence-electron chi connectivity index (χ2n) is 5.07. The summed E-state index contributed by atoms with van der Waals surface area (Å²) in [7, 11) is 0. The summed E-state index contributed by atoms with van der Waals surface area (Å²) in [5.41, 5.74) is 0. The molecule has 0 saturated carbocycles. The van der Waals surface area contributed by atoms with Gasteiger partial charge in [0.1, 0.15) is 4.88 Å². The maximum Gasteiger partial charge on any atom is 0.427 e. The van der Waals surface area contributed by atoms with Gasteiger partial charge < -0.3 is 9.64 Å². The van der Waals surface area contributed by atoms with Gasteiger partial charge >= 0.3 is 6.18 Å². The highest BCUT2D eigenvalue weighted by atomic mass is 32.2. The van der Waals surface area contributed by atoms with Crippen molar-refractivity contribution >= 4 is 28.2 Å². The van der Waals surface area contributed by atoms with Crippen molar-refractivity contribution in [1.82, 2.24) is 4.98 Å². The van der Waals surface area contributed by atoms with Crippen LogP contribution in [0.15, 0.2) is 6.20 Å². The number of alkyl halides is 3. The van der Waals surface area contributed by atoms with Crippen LogP contribution in [0.25, 0.3) is 0 Å². The van der Waals surface area contributed by atoms with Gasteiger partial charge in [0.05, 0.1) is 6.20 Å². The molecule has 0 radical (unpaired) electrons. The first-order valence-electron chi connectivity index (χ1n) is 6.48. The molecule has 8 heteroatoms. The molecule has 1 aromatic rings. The molecule has 0 amide bonds. The van der Waals surface area contributed by atoms with Crippen LogP contribution in [0.5, 0.6) is 0 Å². The predicted octanol–water partition coefficient (Wildman–Crippen LogP) is 3.26. The van der Waals surface area contributed by atoms with E-state index in [1.165, 1.54) is 0 Å². The minimum absolute atomic E-state index is 0.126. The van der Waals surface area contributed by atoms with E-state index in [0.717, 1.165) is 62.4 Å². The lowest BCUT2D eigenvalue weighted by molar-refractivity contribution is -0.134. The number of aromatic nitrogens is 1. The van der Waals surface area contributed by atoms with Crippen molar-refractivity contribution in [3.8, 4) is 0 Å². The maximum absolute atomic E-state index is 12.6. The molecule has 20 heavy (non-hydrogen) atoms. The van der Waals surface area contributed by atoms with Crippen LogP contribution in [0, 0.1) is 0 Å². The van der Waals surface area contributed by atoms with Gasteiger partial charge in [-0.15, -0.1) is 0 Å². The highest BCUT2D eigenvalue weighted by Crippen LogP contribution is 2.42. The summed E-state index contributed by atoms with van der Waals surface area (Å²) in [6, 6.07) is 0. The second kappa shape index (κ2) is 5.38. The molecule has 2 aliphatic rings. The predicted molar refractivity (Wildman–Crippen MR) is 74.6 cm³/mol. The summed E-state index contributed by atoms with van der Waals surface area (Å²) < 4.78 is 43.5. The van der Waals surface area contributed by atoms with Crippen LogP contribution in [0.2, 0.25) is 0 Å². The molecule has 0 unspecified atom stereocenters. The van der Waals surface area contributed by atoms with Crippen LogP contribution in [0.3, 0.4) is 0 Å². The van der Waals surface area contributed by atoms with Gasteiger partial charge in [0.25, 0.3) is 0 Å². The summed E-state index contributed by atoms with van der Waals surface area (Å²) in [6.45, 7) is 3.02. The van der Waals surface area contributed by atoms with Gasteiger partial charge in [0.15, 0.2) is 5.13 Å². The molecule has 112 valence electrons. The first-order valence-corrected chi connectivity index (χ1v) is 8.28. The quantitative estimate of drug-likeness (QED) is 0.792. The summed E-state index contributed by atoms with van der Waals surface area (Å²) >= 11 is 2.67. The zero-order chi connectivity index (χ0) is 14.2. The van der Waals surface area contributed by atoms with E-state index in [9.17, 15) is 13.2 Å². The van der Waals surface area contributed by atoms with Gasteiger partial charge in [0, 0.05) is 36.8 Å². The molecular formula is C12H15F3N2OS2. The summed E-state index contributed by atoms with van der Waals surface area (Å²) in [5, 5.41) is 0.489. The SMILES string of the molecule is FC(F)(F)c1cnc(N2CCSC3(CCOCC3)C2)s1. The summed E-state index contributed by atoms with van der Waals surface area (Å²) in [4.78, 5) is 5.35. The van der Waals surface area contributed by atoms with E-state index in [1.54, 1.807) is 0 Å². The number of thiazole rings is 1. The average molecular weight is 324 g/mol. The fraction of sp³-hybridized carbons (Fsp3) is 0.750. The van der Waals surface area contributed by atoms with Crippen LogP contribution in [0.4, 0.5) is 18.3 Å². The number of nitrogens with zero attached hydrogens (tertiary/aromatic N) is 2. The van der Waals surface area contributed by atoms with E-state index in [0.29, 0.717) is 5.13 Å². The minimum atomic E-state index is -4.29. The molecule has 0 atom stereocenters. The molecule has 2 saturated heterocycles. The van der Waals surface area contributed by atoms with Crippen molar-refractivity contribution < 1.29 is 17.9 Å². The molecule has 2 aliphatic heterocycles. The topological polar surface area (TPSA) is 25.4 Å². The van der Waals surface area contributed by atoms with Crippen LogP contribution < -0.4 is 4.90 Å². The van der Waals surface area contributed by atoms with Crippen LogP contribution >= 0.6 is 23.1 Å². The summed E-state index contributed by atoms with van der Waals surface area (Å²) in [5.74, 6) is 0.931. The Balaban J connectivity index is 1.75. The fourth-order valence-corrected chi connectivity index (χ4v) is 4.85. The molecule has 2 fully saturated rings. The van der Waals surface area contributed by atoms with Gasteiger partial charge in [-0.05, 0) is 12.8 Å². The molecular weight excluding hydrogens is 309 g/mol. The molecule has 0 aromatic carbocycles. The van der Waals surface area contributed by atoms with E-state index in [4.69, 9.17) is 4.74 Å². The smallest absolute Gasteiger partial charge is 0.381 e. The van der Waals surface area contributed by atoms with Gasteiger partial charge in [-0.2, -0.15) is 24.9 Å². The third-order valence-corrected chi connectivity index (χ3v) is 6.34. The standard InChI is InChI=1S/C12H15F3N2OS2/c13-12(14,15)9-7-16-10(20-9)17-3-6-19-11(8-17)1-4-18-5-2-11/h7H,1-6,8H2. The Bertz CT molecular complexity index is 466. The maximum atomic E-state index is 12.6. The normalized spacial score (nSPS) is 23.2. The third-order valence-electron chi connectivity index (χ3n) is 3.70. The first-order chi connectivity index (χ1) is 9.49. The number of ether oxygens (including phenoxy) is 1. The largest absolute Gasteiger partial charge is 0.427 e. The highest BCUT2D eigenvalue weighted by Gasteiger charge is 2.39. The number of hydrogen-bond donors (Lipinski definition) is 0. The Morgan fingerprint density at radius 2 is 2.05 bits per heavy atom. The lowest BCUT2D eigenvalue weighted by Gasteiger charge is -2.44. The first kappa shape index (κ1) is 14.5. The number of anilines is 1. The Kier molecular flexibility index (Phi) is 3.89. The van der Waals surface area contributed by atoms with Gasteiger partial charge in [-0.3, -0.25) is 0 Å². The average Bonchev–Trinajstić information content (AvgIpc) is 2.89. The fourth-order valence-electron chi connectivity index (χ4n) is 2.60. The van der Waals surface area contributed by atoms with Crippen molar-refractivity contribution in [2.24, 2.45) is 0 Å². The van der Waals surface area contributed by atoms with Crippen LogP contribution in [-0.4, -0.2) is 41.8 Å². The van der Waals surface area contributed by atoms with Crippen molar-refractivity contribution in [2.45, 2.75) is 23.8 Å². The van der Waals surface area contributed by atoms with E-state index in [2.05, 4.69) is 4.98 Å².